The third kappa shape index (κ3) is 4.40. The number of nitrogens with two attached hydrogens (primary N) is 1. The Hall–Kier alpha value is -1.78. The van der Waals surface area contributed by atoms with Crippen LogP contribution in [0.4, 0.5) is 8.78 Å². The molecular weight excluding hydrogens is 258 g/mol. The molecule has 20 heavy (non-hydrogen) atoms. The highest BCUT2D eigenvalue weighted by atomic mass is 19.1. The summed E-state index contributed by atoms with van der Waals surface area (Å²) in [4.78, 5) is 0. The quantitative estimate of drug-likeness (QED) is 0.629. The first kappa shape index (κ1) is 14.6. The molecule has 0 aliphatic carbocycles. The molecular formula is C16H18F2N2. The Bertz CT molecular complexity index is 523. The second-order valence-corrected chi connectivity index (χ2v) is 4.87. The lowest BCUT2D eigenvalue weighted by Gasteiger charge is -2.16. The third-order valence-electron chi connectivity index (χ3n) is 3.26. The van der Waals surface area contributed by atoms with Crippen molar-refractivity contribution >= 4 is 0 Å². The van der Waals surface area contributed by atoms with Crippen LogP contribution in [0, 0.1) is 11.6 Å². The lowest BCUT2D eigenvalue weighted by Crippen LogP contribution is -2.37. The highest BCUT2D eigenvalue weighted by molar-refractivity contribution is 5.19. The zero-order valence-electron chi connectivity index (χ0n) is 11.2. The molecule has 3 N–H and O–H groups in total. The van der Waals surface area contributed by atoms with E-state index >= 15 is 0 Å². The predicted molar refractivity (Wildman–Crippen MR) is 75.9 cm³/mol. The van der Waals surface area contributed by atoms with Gasteiger partial charge in [-0.1, -0.05) is 30.3 Å². The van der Waals surface area contributed by atoms with Gasteiger partial charge in [-0.25, -0.2) is 8.78 Å². The van der Waals surface area contributed by atoms with E-state index in [1.54, 1.807) is 0 Å². The van der Waals surface area contributed by atoms with E-state index in [1.165, 1.54) is 17.7 Å². The van der Waals surface area contributed by atoms with E-state index in [1.807, 2.05) is 18.2 Å². The summed E-state index contributed by atoms with van der Waals surface area (Å²) in [6, 6.07) is 13.6. The van der Waals surface area contributed by atoms with Crippen molar-refractivity contribution in [3.05, 3.63) is 71.3 Å². The largest absolute Gasteiger partial charge is 0.271 e. The molecule has 2 rings (SSSR count). The SMILES string of the molecule is NNC(CCc1ccccc1)Cc1cc(F)cc(F)c1. The molecule has 0 spiro atoms. The van der Waals surface area contributed by atoms with Gasteiger partial charge < -0.3 is 0 Å². The minimum atomic E-state index is -0.557. The van der Waals surface area contributed by atoms with Gasteiger partial charge in [-0.3, -0.25) is 11.3 Å². The molecule has 0 heterocycles. The first-order valence-corrected chi connectivity index (χ1v) is 6.62. The predicted octanol–water partition coefficient (Wildman–Crippen LogP) is 2.97. The zero-order valence-corrected chi connectivity index (χ0v) is 11.2. The molecule has 0 aliphatic heterocycles. The summed E-state index contributed by atoms with van der Waals surface area (Å²) in [5.74, 6) is 4.41. The van der Waals surface area contributed by atoms with Crippen molar-refractivity contribution in [1.29, 1.82) is 0 Å². The van der Waals surface area contributed by atoms with Gasteiger partial charge in [-0.15, -0.1) is 0 Å². The van der Waals surface area contributed by atoms with E-state index in [0.717, 1.165) is 18.9 Å². The lowest BCUT2D eigenvalue weighted by atomic mass is 9.99. The molecule has 0 radical (unpaired) electrons. The molecule has 0 fully saturated rings. The van der Waals surface area contributed by atoms with Gasteiger partial charge in [0.1, 0.15) is 11.6 Å². The van der Waals surface area contributed by atoms with E-state index in [-0.39, 0.29) is 6.04 Å². The summed E-state index contributed by atoms with van der Waals surface area (Å²) in [6.07, 6.45) is 2.17. The van der Waals surface area contributed by atoms with Gasteiger partial charge in [0, 0.05) is 12.1 Å². The Kier molecular flexibility index (Phi) is 5.21. The third-order valence-corrected chi connectivity index (χ3v) is 3.26. The molecule has 0 bridgehead atoms. The van der Waals surface area contributed by atoms with Crippen LogP contribution in [0.5, 0.6) is 0 Å². The van der Waals surface area contributed by atoms with Gasteiger partial charge in [0.2, 0.25) is 0 Å². The summed E-state index contributed by atoms with van der Waals surface area (Å²) in [7, 11) is 0. The van der Waals surface area contributed by atoms with Crippen LogP contribution >= 0.6 is 0 Å². The van der Waals surface area contributed by atoms with Crippen molar-refractivity contribution in [3.8, 4) is 0 Å². The van der Waals surface area contributed by atoms with E-state index < -0.39 is 11.6 Å². The van der Waals surface area contributed by atoms with E-state index in [2.05, 4.69) is 17.6 Å². The molecule has 4 heteroatoms. The van der Waals surface area contributed by atoms with Crippen molar-refractivity contribution in [2.24, 2.45) is 5.84 Å². The minimum Gasteiger partial charge on any atom is -0.271 e. The number of aryl methyl sites for hydroxylation is 1. The number of halogens is 2. The van der Waals surface area contributed by atoms with Gasteiger partial charge in [0.25, 0.3) is 0 Å². The van der Waals surface area contributed by atoms with Crippen molar-refractivity contribution < 1.29 is 8.78 Å². The second-order valence-electron chi connectivity index (χ2n) is 4.87. The molecule has 0 aromatic heterocycles. The normalized spacial score (nSPS) is 12.3. The van der Waals surface area contributed by atoms with Gasteiger partial charge in [-0.2, -0.15) is 0 Å². The maximum absolute atomic E-state index is 13.1. The molecule has 2 aromatic carbocycles. The Morgan fingerprint density at radius 1 is 0.950 bits per heavy atom. The smallest absolute Gasteiger partial charge is 0.126 e. The number of nitrogens with one attached hydrogen (secondary N) is 1. The first-order chi connectivity index (χ1) is 9.67. The Balaban J connectivity index is 1.95. The zero-order chi connectivity index (χ0) is 14.4. The summed E-state index contributed by atoms with van der Waals surface area (Å²) in [5.41, 5.74) is 4.55. The van der Waals surface area contributed by atoms with E-state index in [4.69, 9.17) is 5.84 Å². The number of rotatable bonds is 6. The number of benzene rings is 2. The van der Waals surface area contributed by atoms with Gasteiger partial charge in [0.15, 0.2) is 0 Å². The maximum atomic E-state index is 13.1. The molecule has 0 aliphatic rings. The molecule has 0 saturated heterocycles. The van der Waals surface area contributed by atoms with Crippen LogP contribution in [0.3, 0.4) is 0 Å². The molecule has 2 aromatic rings. The average Bonchev–Trinajstić information content (AvgIpc) is 2.43. The van der Waals surface area contributed by atoms with Gasteiger partial charge >= 0.3 is 0 Å². The van der Waals surface area contributed by atoms with Crippen LogP contribution in [-0.4, -0.2) is 6.04 Å². The average molecular weight is 276 g/mol. The van der Waals surface area contributed by atoms with Gasteiger partial charge in [0.05, 0.1) is 0 Å². The van der Waals surface area contributed by atoms with E-state index in [0.29, 0.717) is 12.0 Å². The summed E-state index contributed by atoms with van der Waals surface area (Å²) < 4.78 is 26.3. The second kappa shape index (κ2) is 7.12. The van der Waals surface area contributed by atoms with Crippen LogP contribution in [-0.2, 0) is 12.8 Å². The highest BCUT2D eigenvalue weighted by Gasteiger charge is 2.10. The molecule has 0 saturated carbocycles. The van der Waals surface area contributed by atoms with Crippen LogP contribution in [0.15, 0.2) is 48.5 Å². The Morgan fingerprint density at radius 2 is 1.60 bits per heavy atom. The minimum absolute atomic E-state index is 0.0172. The molecule has 106 valence electrons. The van der Waals surface area contributed by atoms with Crippen LogP contribution in [0.2, 0.25) is 0 Å². The fourth-order valence-electron chi connectivity index (χ4n) is 2.24. The lowest BCUT2D eigenvalue weighted by molar-refractivity contribution is 0.487. The summed E-state index contributed by atoms with van der Waals surface area (Å²) in [5, 5.41) is 0. The van der Waals surface area contributed by atoms with Gasteiger partial charge in [-0.05, 0) is 42.5 Å². The molecule has 2 nitrogen and oxygen atoms in total. The van der Waals surface area contributed by atoms with Crippen LogP contribution in [0.25, 0.3) is 0 Å². The maximum Gasteiger partial charge on any atom is 0.126 e. The number of hydrogen-bond acceptors (Lipinski definition) is 2. The summed E-state index contributed by atoms with van der Waals surface area (Å²) >= 11 is 0. The monoisotopic (exact) mass is 276 g/mol. The van der Waals surface area contributed by atoms with Crippen molar-refractivity contribution in [2.45, 2.75) is 25.3 Å². The fourth-order valence-corrected chi connectivity index (χ4v) is 2.24. The van der Waals surface area contributed by atoms with Crippen molar-refractivity contribution in [2.75, 3.05) is 0 Å². The molecule has 1 atom stereocenters. The molecule has 0 amide bonds. The van der Waals surface area contributed by atoms with Crippen molar-refractivity contribution in [3.63, 3.8) is 0 Å². The topological polar surface area (TPSA) is 38.0 Å². The standard InChI is InChI=1S/C16H18F2N2/c17-14-8-13(9-15(18)11-14)10-16(20-19)7-6-12-4-2-1-3-5-12/h1-5,8-9,11,16,20H,6-7,10,19H2. The van der Waals surface area contributed by atoms with E-state index in [9.17, 15) is 8.78 Å². The molecule has 1 unspecified atom stereocenters. The van der Waals surface area contributed by atoms with Crippen LogP contribution < -0.4 is 11.3 Å². The van der Waals surface area contributed by atoms with Crippen LogP contribution in [0.1, 0.15) is 17.5 Å². The Labute approximate surface area is 117 Å². The fraction of sp³-hybridized carbons (Fsp3) is 0.250. The first-order valence-electron chi connectivity index (χ1n) is 6.62. The summed E-state index contributed by atoms with van der Waals surface area (Å²) in [6.45, 7) is 0. The van der Waals surface area contributed by atoms with Crippen molar-refractivity contribution in [1.82, 2.24) is 5.43 Å². The number of hydrazine groups is 1. The Morgan fingerprint density at radius 3 is 2.20 bits per heavy atom. The highest BCUT2D eigenvalue weighted by Crippen LogP contribution is 2.13. The number of hydrogen-bond donors (Lipinski definition) is 2.